The first-order valence-electron chi connectivity index (χ1n) is 6.49. The van der Waals surface area contributed by atoms with Crippen LogP contribution in [0, 0.1) is 11.8 Å². The van der Waals surface area contributed by atoms with Crippen LogP contribution in [0.15, 0.2) is 12.7 Å². The van der Waals surface area contributed by atoms with Crippen molar-refractivity contribution in [1.82, 2.24) is 5.32 Å². The molecule has 0 aromatic rings. The number of carbonyl (C=O) groups is 2. The number of rotatable bonds is 9. The molecule has 1 amide bonds. The van der Waals surface area contributed by atoms with Gasteiger partial charge in [-0.3, -0.25) is 4.79 Å². The predicted octanol–water partition coefficient (Wildman–Crippen LogP) is 2.59. The molecule has 0 heterocycles. The molecule has 0 spiro atoms. The second-order valence-corrected chi connectivity index (χ2v) is 5.26. The number of nitrogens with one attached hydrogen (secondary N) is 1. The molecular weight excluding hydrogens is 230 g/mol. The van der Waals surface area contributed by atoms with Gasteiger partial charge in [-0.15, -0.1) is 6.58 Å². The quantitative estimate of drug-likeness (QED) is 0.622. The van der Waals surface area contributed by atoms with Crippen LogP contribution in [0.25, 0.3) is 0 Å². The minimum absolute atomic E-state index is 0.181. The van der Waals surface area contributed by atoms with Crippen molar-refractivity contribution in [1.29, 1.82) is 0 Å². The molecular formula is C14H25NO3. The first-order valence-corrected chi connectivity index (χ1v) is 6.49. The molecule has 18 heavy (non-hydrogen) atoms. The van der Waals surface area contributed by atoms with E-state index < -0.39 is 12.0 Å². The fourth-order valence-electron chi connectivity index (χ4n) is 2.00. The zero-order valence-electron chi connectivity index (χ0n) is 11.6. The molecule has 0 aromatic carbocycles. The van der Waals surface area contributed by atoms with Gasteiger partial charge in [0.2, 0.25) is 5.91 Å². The van der Waals surface area contributed by atoms with E-state index in [4.69, 9.17) is 5.11 Å². The first kappa shape index (κ1) is 16.7. The summed E-state index contributed by atoms with van der Waals surface area (Å²) in [5.74, 6) is -0.344. The van der Waals surface area contributed by atoms with E-state index >= 15 is 0 Å². The summed E-state index contributed by atoms with van der Waals surface area (Å²) < 4.78 is 0. The van der Waals surface area contributed by atoms with E-state index in [1.807, 2.05) is 6.92 Å². The van der Waals surface area contributed by atoms with Crippen LogP contribution < -0.4 is 5.32 Å². The maximum atomic E-state index is 11.7. The summed E-state index contributed by atoms with van der Waals surface area (Å²) in [6, 6.07) is -0.804. The Balaban J connectivity index is 4.16. The van der Waals surface area contributed by atoms with Crippen LogP contribution in [0.3, 0.4) is 0 Å². The molecule has 0 saturated heterocycles. The molecule has 0 aromatic heterocycles. The van der Waals surface area contributed by atoms with Gasteiger partial charge in [0.25, 0.3) is 0 Å². The average Bonchev–Trinajstić information content (AvgIpc) is 2.22. The number of hydrogen-bond donors (Lipinski definition) is 2. The summed E-state index contributed by atoms with van der Waals surface area (Å²) in [5, 5.41) is 11.5. The van der Waals surface area contributed by atoms with Gasteiger partial charge in [-0.1, -0.05) is 26.8 Å². The van der Waals surface area contributed by atoms with E-state index in [0.29, 0.717) is 25.2 Å². The van der Waals surface area contributed by atoms with Crippen molar-refractivity contribution in [3.8, 4) is 0 Å². The third-order valence-corrected chi connectivity index (χ3v) is 2.70. The Hall–Kier alpha value is -1.32. The molecule has 0 saturated carbocycles. The van der Waals surface area contributed by atoms with Crippen molar-refractivity contribution in [3.63, 3.8) is 0 Å². The highest BCUT2D eigenvalue weighted by Crippen LogP contribution is 2.14. The SMILES string of the molecule is C=CCCC(NC(=O)CC(C)CC(C)C)C(=O)O. The number of hydrogen-bond acceptors (Lipinski definition) is 2. The monoisotopic (exact) mass is 255 g/mol. The molecule has 2 atom stereocenters. The minimum Gasteiger partial charge on any atom is -0.480 e. The van der Waals surface area contributed by atoms with Crippen LogP contribution in [-0.4, -0.2) is 23.0 Å². The highest BCUT2D eigenvalue weighted by Gasteiger charge is 2.20. The molecule has 2 unspecified atom stereocenters. The normalized spacial score (nSPS) is 14.0. The lowest BCUT2D eigenvalue weighted by molar-refractivity contribution is -0.142. The molecule has 2 N–H and O–H groups in total. The standard InChI is InChI=1S/C14H25NO3/c1-5-6-7-12(14(17)18)15-13(16)9-11(4)8-10(2)3/h5,10-12H,1,6-9H2,2-4H3,(H,15,16)(H,17,18). The molecule has 0 radical (unpaired) electrons. The van der Waals surface area contributed by atoms with Gasteiger partial charge in [-0.25, -0.2) is 4.79 Å². The fraction of sp³-hybridized carbons (Fsp3) is 0.714. The Kier molecular flexibility index (Phi) is 8.08. The largest absolute Gasteiger partial charge is 0.480 e. The van der Waals surface area contributed by atoms with Crippen LogP contribution in [0.4, 0.5) is 0 Å². The molecule has 0 aliphatic heterocycles. The predicted molar refractivity (Wildman–Crippen MR) is 72.2 cm³/mol. The lowest BCUT2D eigenvalue weighted by Crippen LogP contribution is -2.41. The number of carboxylic acid groups (broad SMARTS) is 1. The second kappa shape index (κ2) is 8.72. The van der Waals surface area contributed by atoms with E-state index in [0.717, 1.165) is 6.42 Å². The van der Waals surface area contributed by atoms with E-state index in [9.17, 15) is 9.59 Å². The van der Waals surface area contributed by atoms with Crippen LogP contribution in [0.1, 0.15) is 46.5 Å². The molecule has 0 fully saturated rings. The summed E-state index contributed by atoms with van der Waals surface area (Å²) in [5.41, 5.74) is 0. The van der Waals surface area contributed by atoms with E-state index in [-0.39, 0.29) is 11.8 Å². The van der Waals surface area contributed by atoms with Gasteiger partial charge < -0.3 is 10.4 Å². The Morgan fingerprint density at radius 2 is 1.94 bits per heavy atom. The van der Waals surface area contributed by atoms with E-state index in [1.54, 1.807) is 6.08 Å². The molecule has 4 nitrogen and oxygen atoms in total. The van der Waals surface area contributed by atoms with E-state index in [1.165, 1.54) is 0 Å². The van der Waals surface area contributed by atoms with Crippen LogP contribution in [-0.2, 0) is 9.59 Å². The van der Waals surface area contributed by atoms with Crippen LogP contribution >= 0.6 is 0 Å². The third-order valence-electron chi connectivity index (χ3n) is 2.70. The topological polar surface area (TPSA) is 66.4 Å². The van der Waals surface area contributed by atoms with Crippen molar-refractivity contribution < 1.29 is 14.7 Å². The van der Waals surface area contributed by atoms with Gasteiger partial charge in [-0.05, 0) is 31.1 Å². The number of carboxylic acids is 1. The van der Waals surface area contributed by atoms with Gasteiger partial charge in [0, 0.05) is 6.42 Å². The summed E-state index contributed by atoms with van der Waals surface area (Å²) in [4.78, 5) is 22.7. The highest BCUT2D eigenvalue weighted by atomic mass is 16.4. The van der Waals surface area contributed by atoms with E-state index in [2.05, 4.69) is 25.7 Å². The molecule has 104 valence electrons. The van der Waals surface area contributed by atoms with Crippen molar-refractivity contribution >= 4 is 11.9 Å². The van der Waals surface area contributed by atoms with Gasteiger partial charge in [0.1, 0.15) is 6.04 Å². The lowest BCUT2D eigenvalue weighted by Gasteiger charge is -2.17. The maximum Gasteiger partial charge on any atom is 0.326 e. The Labute approximate surface area is 109 Å². The van der Waals surface area contributed by atoms with Crippen molar-refractivity contribution in [3.05, 3.63) is 12.7 Å². The Morgan fingerprint density at radius 1 is 1.33 bits per heavy atom. The summed E-state index contributed by atoms with van der Waals surface area (Å²) >= 11 is 0. The van der Waals surface area contributed by atoms with Crippen molar-refractivity contribution in [2.75, 3.05) is 0 Å². The summed E-state index contributed by atoms with van der Waals surface area (Å²) in [6.45, 7) is 9.78. The van der Waals surface area contributed by atoms with Crippen LogP contribution in [0.2, 0.25) is 0 Å². The number of carbonyl (C=O) groups excluding carboxylic acids is 1. The fourth-order valence-corrected chi connectivity index (χ4v) is 2.00. The van der Waals surface area contributed by atoms with Gasteiger partial charge in [-0.2, -0.15) is 0 Å². The molecule has 0 aliphatic carbocycles. The summed E-state index contributed by atoms with van der Waals surface area (Å²) in [7, 11) is 0. The van der Waals surface area contributed by atoms with Gasteiger partial charge in [0.05, 0.1) is 0 Å². The minimum atomic E-state index is -0.985. The van der Waals surface area contributed by atoms with Crippen molar-refractivity contribution in [2.24, 2.45) is 11.8 Å². The van der Waals surface area contributed by atoms with Crippen LogP contribution in [0.5, 0.6) is 0 Å². The number of amides is 1. The molecule has 0 aliphatic rings. The average molecular weight is 255 g/mol. The lowest BCUT2D eigenvalue weighted by atomic mass is 9.95. The Bertz CT molecular complexity index is 287. The zero-order chi connectivity index (χ0) is 14.1. The van der Waals surface area contributed by atoms with Gasteiger partial charge in [0.15, 0.2) is 0 Å². The molecule has 0 rings (SSSR count). The Morgan fingerprint density at radius 3 is 2.39 bits per heavy atom. The zero-order valence-corrected chi connectivity index (χ0v) is 11.6. The molecule has 0 bridgehead atoms. The van der Waals surface area contributed by atoms with Gasteiger partial charge >= 0.3 is 5.97 Å². The number of allylic oxidation sites excluding steroid dienone is 1. The number of aliphatic carboxylic acids is 1. The van der Waals surface area contributed by atoms with Crippen molar-refractivity contribution in [2.45, 2.75) is 52.5 Å². The first-order chi connectivity index (χ1) is 8.36. The third kappa shape index (κ3) is 7.87. The summed E-state index contributed by atoms with van der Waals surface area (Å²) in [6.07, 6.45) is 3.99. The maximum absolute atomic E-state index is 11.7. The smallest absolute Gasteiger partial charge is 0.326 e. The molecule has 4 heteroatoms. The highest BCUT2D eigenvalue weighted by molar-refractivity contribution is 5.83. The second-order valence-electron chi connectivity index (χ2n) is 5.26.